The highest BCUT2D eigenvalue weighted by Crippen LogP contribution is 2.29. The molecule has 0 fully saturated rings. The number of rotatable bonds is 3. The average Bonchev–Trinajstić information content (AvgIpc) is 2.49. The quantitative estimate of drug-likeness (QED) is 0.729. The number of halogens is 1. The van der Waals surface area contributed by atoms with Crippen molar-refractivity contribution in [3.63, 3.8) is 0 Å². The van der Waals surface area contributed by atoms with Gasteiger partial charge in [-0.2, -0.15) is 0 Å². The van der Waals surface area contributed by atoms with E-state index in [1.54, 1.807) is 6.20 Å². The normalized spacial score (nSPS) is 11.5. The van der Waals surface area contributed by atoms with Crippen LogP contribution in [0.1, 0.15) is 31.9 Å². The highest BCUT2D eigenvalue weighted by atomic mass is 79.9. The fraction of sp³-hybridized carbons (Fsp3) is 0.211. The van der Waals surface area contributed by atoms with Crippen LogP contribution in [0.5, 0.6) is 0 Å². The first-order valence-electron chi connectivity index (χ1n) is 7.46. The van der Waals surface area contributed by atoms with E-state index in [1.165, 1.54) is 0 Å². The second kappa shape index (κ2) is 7.47. The van der Waals surface area contributed by atoms with E-state index in [0.717, 1.165) is 21.3 Å². The van der Waals surface area contributed by atoms with Gasteiger partial charge >= 0.3 is 6.03 Å². The van der Waals surface area contributed by atoms with Gasteiger partial charge in [-0.3, -0.25) is 0 Å². The van der Waals surface area contributed by atoms with E-state index < -0.39 is 0 Å². The van der Waals surface area contributed by atoms with Gasteiger partial charge in [0.1, 0.15) is 0 Å². The number of carbonyl (C=O) groups is 1. The Balaban J connectivity index is 2.03. The molecular weight excluding hydrogens is 352 g/mol. The second-order valence-electron chi connectivity index (χ2n) is 6.25. The molecule has 2 rings (SSSR count). The summed E-state index contributed by atoms with van der Waals surface area (Å²) in [4.78, 5) is 12.1. The predicted molar refractivity (Wildman–Crippen MR) is 100 cm³/mol. The lowest BCUT2D eigenvalue weighted by molar-refractivity contribution is 0.255. The van der Waals surface area contributed by atoms with Crippen LogP contribution in [0.4, 0.5) is 10.5 Å². The molecule has 0 bridgehead atoms. The Hall–Kier alpha value is -2.07. The molecule has 2 amide bonds. The first-order valence-corrected chi connectivity index (χ1v) is 8.25. The lowest BCUT2D eigenvalue weighted by atomic mass is 9.86. The van der Waals surface area contributed by atoms with Crippen molar-refractivity contribution in [2.24, 2.45) is 0 Å². The number of nitrogens with one attached hydrogen (secondary N) is 2. The lowest BCUT2D eigenvalue weighted by Crippen LogP contribution is -2.26. The zero-order chi connectivity index (χ0) is 16.9. The number of hydrogen-bond acceptors (Lipinski definition) is 1. The van der Waals surface area contributed by atoms with Gasteiger partial charge in [-0.15, -0.1) is 0 Å². The van der Waals surface area contributed by atoms with Crippen molar-refractivity contribution in [3.8, 4) is 0 Å². The minimum Gasteiger partial charge on any atom is -0.314 e. The van der Waals surface area contributed by atoms with Gasteiger partial charge in [0, 0.05) is 16.4 Å². The van der Waals surface area contributed by atoms with E-state index in [0.29, 0.717) is 0 Å². The molecule has 0 unspecified atom stereocenters. The first kappa shape index (κ1) is 17.3. The Labute approximate surface area is 145 Å². The summed E-state index contributed by atoms with van der Waals surface area (Å²) in [6, 6.07) is 15.4. The van der Waals surface area contributed by atoms with E-state index >= 15 is 0 Å². The average molecular weight is 373 g/mol. The maximum absolute atomic E-state index is 12.1. The Bertz CT molecular complexity index is 717. The molecule has 0 heterocycles. The predicted octanol–water partition coefficient (Wildman–Crippen LogP) is 5.54. The maximum atomic E-state index is 12.1. The van der Waals surface area contributed by atoms with Gasteiger partial charge in [0.25, 0.3) is 0 Å². The number of hydrogen-bond donors (Lipinski definition) is 2. The molecule has 0 saturated carbocycles. The molecule has 0 aliphatic heterocycles. The van der Waals surface area contributed by atoms with Crippen molar-refractivity contribution in [2.45, 2.75) is 26.2 Å². The molecule has 0 saturated heterocycles. The second-order valence-corrected chi connectivity index (χ2v) is 7.10. The summed E-state index contributed by atoms with van der Waals surface area (Å²) in [6.45, 7) is 6.37. The zero-order valence-corrected chi connectivity index (χ0v) is 15.1. The number of amides is 2. The molecule has 0 aromatic heterocycles. The topological polar surface area (TPSA) is 41.1 Å². The van der Waals surface area contributed by atoms with Crippen LogP contribution in [0.25, 0.3) is 6.08 Å². The molecule has 0 spiro atoms. The number of benzene rings is 2. The number of urea groups is 1. The van der Waals surface area contributed by atoms with Gasteiger partial charge in [-0.05, 0) is 34.8 Å². The van der Waals surface area contributed by atoms with Crippen LogP contribution in [-0.4, -0.2) is 6.03 Å². The number of carbonyl (C=O) groups excluding carboxylic acids is 1. The smallest absolute Gasteiger partial charge is 0.314 e. The molecule has 0 atom stereocenters. The minimum absolute atomic E-state index is 0.0331. The molecule has 0 radical (unpaired) electrons. The fourth-order valence-corrected chi connectivity index (χ4v) is 2.64. The Morgan fingerprint density at radius 1 is 1.04 bits per heavy atom. The summed E-state index contributed by atoms with van der Waals surface area (Å²) < 4.78 is 0.983. The monoisotopic (exact) mass is 372 g/mol. The van der Waals surface area contributed by atoms with E-state index in [1.807, 2.05) is 54.6 Å². The van der Waals surface area contributed by atoms with Gasteiger partial charge in [0.15, 0.2) is 0 Å². The molecule has 120 valence electrons. The fourth-order valence-electron chi connectivity index (χ4n) is 2.22. The Kier molecular flexibility index (Phi) is 5.61. The summed E-state index contributed by atoms with van der Waals surface area (Å²) in [7, 11) is 0. The van der Waals surface area contributed by atoms with Gasteiger partial charge < -0.3 is 10.6 Å². The van der Waals surface area contributed by atoms with Crippen molar-refractivity contribution in [2.75, 3.05) is 5.32 Å². The highest BCUT2D eigenvalue weighted by molar-refractivity contribution is 9.10. The molecule has 0 aliphatic carbocycles. The van der Waals surface area contributed by atoms with Gasteiger partial charge in [0.2, 0.25) is 0 Å². The SMILES string of the molecule is CC(C)(C)c1ccccc1NC(=O)N/C=C/c1ccccc1Br. The Morgan fingerprint density at radius 2 is 1.70 bits per heavy atom. The molecule has 2 aromatic rings. The van der Waals surface area contributed by atoms with Crippen molar-refractivity contribution in [3.05, 3.63) is 70.3 Å². The van der Waals surface area contributed by atoms with Crippen LogP contribution in [0, 0.1) is 0 Å². The largest absolute Gasteiger partial charge is 0.323 e. The summed E-state index contributed by atoms with van der Waals surface area (Å²) in [5.41, 5.74) is 2.90. The van der Waals surface area contributed by atoms with Gasteiger partial charge in [0.05, 0.1) is 0 Å². The van der Waals surface area contributed by atoms with Crippen molar-refractivity contribution >= 4 is 33.7 Å². The van der Waals surface area contributed by atoms with Crippen LogP contribution in [0.2, 0.25) is 0 Å². The molecule has 0 aliphatic rings. The van der Waals surface area contributed by atoms with Gasteiger partial charge in [-0.1, -0.05) is 73.1 Å². The highest BCUT2D eigenvalue weighted by Gasteiger charge is 2.18. The third kappa shape index (κ3) is 4.96. The van der Waals surface area contributed by atoms with Crippen LogP contribution in [0.15, 0.2) is 59.2 Å². The molecule has 2 N–H and O–H groups in total. The third-order valence-corrected chi connectivity index (χ3v) is 4.09. The number of anilines is 1. The van der Waals surface area contributed by atoms with Crippen molar-refractivity contribution < 1.29 is 4.79 Å². The van der Waals surface area contributed by atoms with E-state index in [-0.39, 0.29) is 11.4 Å². The first-order chi connectivity index (χ1) is 10.9. The Morgan fingerprint density at radius 3 is 2.39 bits per heavy atom. The van der Waals surface area contributed by atoms with Crippen LogP contribution >= 0.6 is 15.9 Å². The van der Waals surface area contributed by atoms with Crippen LogP contribution < -0.4 is 10.6 Å². The number of para-hydroxylation sites is 1. The van der Waals surface area contributed by atoms with E-state index in [4.69, 9.17) is 0 Å². The van der Waals surface area contributed by atoms with E-state index in [9.17, 15) is 4.79 Å². The van der Waals surface area contributed by atoms with Crippen molar-refractivity contribution in [1.82, 2.24) is 5.32 Å². The standard InChI is InChI=1S/C19H21BrN2O/c1-19(2,3)15-9-5-7-11-17(15)22-18(23)21-13-12-14-8-4-6-10-16(14)20/h4-13H,1-3H3,(H2,21,22,23)/b13-12+. The maximum Gasteiger partial charge on any atom is 0.323 e. The molecule has 3 nitrogen and oxygen atoms in total. The lowest BCUT2D eigenvalue weighted by Gasteiger charge is -2.22. The molecular formula is C19H21BrN2O. The van der Waals surface area contributed by atoms with Crippen LogP contribution in [0.3, 0.4) is 0 Å². The van der Waals surface area contributed by atoms with Crippen molar-refractivity contribution in [1.29, 1.82) is 0 Å². The summed E-state index contributed by atoms with van der Waals surface area (Å²) in [5.74, 6) is 0. The molecule has 4 heteroatoms. The van der Waals surface area contributed by atoms with Gasteiger partial charge in [-0.25, -0.2) is 4.79 Å². The summed E-state index contributed by atoms with van der Waals surface area (Å²) in [6.07, 6.45) is 3.48. The third-order valence-electron chi connectivity index (χ3n) is 3.37. The van der Waals surface area contributed by atoms with E-state index in [2.05, 4.69) is 47.3 Å². The molecule has 23 heavy (non-hydrogen) atoms. The molecule has 2 aromatic carbocycles. The summed E-state index contributed by atoms with van der Waals surface area (Å²) in [5, 5.41) is 5.64. The van der Waals surface area contributed by atoms with Crippen LogP contribution in [-0.2, 0) is 5.41 Å². The minimum atomic E-state index is -0.259. The zero-order valence-electron chi connectivity index (χ0n) is 13.6. The summed E-state index contributed by atoms with van der Waals surface area (Å²) >= 11 is 3.47.